The minimum atomic E-state index is 1.14. The standard InChI is InChI=1S/C28H22BrN.C28H23N.BHNS/c1-19-11-15-21(16-12-19)30(22-17-13-20(2)14-18-22)28-25-9-5-3-7-23(25)27(29)24-8-4-6-10-26(24)28;1-20-11-15-24(16-12-20)29(25-17-13-21(2)14-18-25)28-26-9-5-3-7-22(26)19-23-8-4-6-10-27(23)28;1-2-3/h3-18H,1-2H3;3-19H,1-2H3;3H. The number of benzene rings is 10. The van der Waals surface area contributed by atoms with Crippen molar-refractivity contribution in [1.29, 1.82) is 0 Å². The summed E-state index contributed by atoms with van der Waals surface area (Å²) < 4.78 is 3.84. The predicted octanol–water partition coefficient (Wildman–Crippen LogP) is 17.1. The van der Waals surface area contributed by atoms with Crippen LogP contribution in [0.3, 0.4) is 0 Å². The Hall–Kier alpha value is -6.47. The van der Waals surface area contributed by atoms with Gasteiger partial charge in [-0.05, 0) is 120 Å². The van der Waals surface area contributed by atoms with Gasteiger partial charge in [-0.3, -0.25) is 0 Å². The molecule has 0 aliphatic carbocycles. The average molecular weight is 884 g/mol. The molecule has 0 aromatic heterocycles. The Morgan fingerprint density at radius 1 is 0.371 bits per heavy atom. The van der Waals surface area contributed by atoms with E-state index in [2.05, 4.69) is 278 Å². The summed E-state index contributed by atoms with van der Waals surface area (Å²) in [5.41, 5.74) is 12.1. The summed E-state index contributed by atoms with van der Waals surface area (Å²) in [5, 5.41) is 9.91. The molecular formula is C56H46BBrN3S. The van der Waals surface area contributed by atoms with Crippen LogP contribution >= 0.6 is 28.7 Å². The van der Waals surface area contributed by atoms with Crippen LogP contribution in [-0.2, 0) is 0 Å². The quantitative estimate of drug-likeness (QED) is 0.102. The molecule has 0 bridgehead atoms. The summed E-state index contributed by atoms with van der Waals surface area (Å²) in [6.45, 7) is 8.52. The zero-order chi connectivity index (χ0) is 43.2. The fourth-order valence-electron chi connectivity index (χ4n) is 8.11. The van der Waals surface area contributed by atoms with Gasteiger partial charge in [0.15, 0.2) is 0 Å². The molecule has 0 atom stereocenters. The zero-order valence-electron chi connectivity index (χ0n) is 35.3. The molecule has 6 heteroatoms. The maximum absolute atomic E-state index is 4.34. The first-order chi connectivity index (χ1) is 30.2. The van der Waals surface area contributed by atoms with Crippen molar-refractivity contribution in [2.24, 2.45) is 4.30 Å². The van der Waals surface area contributed by atoms with Gasteiger partial charge < -0.3 is 9.80 Å². The van der Waals surface area contributed by atoms with Gasteiger partial charge in [0, 0.05) is 48.8 Å². The first-order valence-corrected chi connectivity index (χ1v) is 21.9. The van der Waals surface area contributed by atoms with Crippen molar-refractivity contribution in [2.45, 2.75) is 27.7 Å². The number of anilines is 6. The summed E-state index contributed by atoms with van der Waals surface area (Å²) in [7, 11) is 4.34. The number of fused-ring (bicyclic) bond motifs is 4. The second kappa shape index (κ2) is 19.1. The van der Waals surface area contributed by atoms with Crippen LogP contribution < -0.4 is 9.80 Å². The van der Waals surface area contributed by atoms with E-state index in [1.807, 2.05) is 0 Å². The van der Waals surface area contributed by atoms with Gasteiger partial charge in [0.05, 0.1) is 11.4 Å². The van der Waals surface area contributed by atoms with Crippen LogP contribution in [0.5, 0.6) is 0 Å². The zero-order valence-corrected chi connectivity index (χ0v) is 37.8. The van der Waals surface area contributed by atoms with Crippen LogP contribution in [0.25, 0.3) is 43.1 Å². The van der Waals surface area contributed by atoms with Crippen molar-refractivity contribution < 1.29 is 0 Å². The third kappa shape index (κ3) is 8.81. The molecule has 0 unspecified atom stereocenters. The average Bonchev–Trinajstić information content (AvgIpc) is 3.30. The molecule has 10 aromatic carbocycles. The van der Waals surface area contributed by atoms with Gasteiger partial charge in [-0.1, -0.05) is 168 Å². The Morgan fingerprint density at radius 2 is 0.613 bits per heavy atom. The van der Waals surface area contributed by atoms with Crippen molar-refractivity contribution in [3.05, 3.63) is 227 Å². The van der Waals surface area contributed by atoms with E-state index in [1.165, 1.54) is 88.1 Å². The summed E-state index contributed by atoms with van der Waals surface area (Å²) in [4.78, 5) is 4.78. The van der Waals surface area contributed by atoms with E-state index in [4.69, 9.17) is 0 Å². The van der Waals surface area contributed by atoms with Crippen LogP contribution in [0.15, 0.2) is 209 Å². The van der Waals surface area contributed by atoms with E-state index in [9.17, 15) is 0 Å². The predicted molar refractivity (Wildman–Crippen MR) is 276 cm³/mol. The van der Waals surface area contributed by atoms with E-state index in [-0.39, 0.29) is 0 Å². The van der Waals surface area contributed by atoms with Gasteiger partial charge in [0.1, 0.15) is 0 Å². The van der Waals surface area contributed by atoms with Crippen LogP contribution in [0.1, 0.15) is 22.3 Å². The summed E-state index contributed by atoms with van der Waals surface area (Å²) in [6, 6.07) is 72.1. The molecule has 0 spiro atoms. The Bertz CT molecular complexity index is 2950. The molecule has 62 heavy (non-hydrogen) atoms. The second-order valence-corrected chi connectivity index (χ2v) is 16.6. The van der Waals surface area contributed by atoms with Crippen molar-refractivity contribution in [3.8, 4) is 0 Å². The van der Waals surface area contributed by atoms with E-state index >= 15 is 0 Å². The van der Waals surface area contributed by atoms with E-state index in [0.717, 1.165) is 15.8 Å². The molecular weight excluding hydrogens is 837 g/mol. The van der Waals surface area contributed by atoms with Crippen LogP contribution in [-0.4, -0.2) is 7.64 Å². The first kappa shape index (κ1) is 42.2. The number of hydrogen-bond donors (Lipinski definition) is 1. The Balaban J connectivity index is 0.000000161. The number of halogens is 1. The Labute approximate surface area is 380 Å². The van der Waals surface area contributed by atoms with Gasteiger partial charge in [-0.25, -0.2) is 0 Å². The molecule has 0 heterocycles. The van der Waals surface area contributed by atoms with E-state index < -0.39 is 0 Å². The normalized spacial score (nSPS) is 10.8. The maximum atomic E-state index is 4.34. The number of hydrogen-bond acceptors (Lipinski definition) is 4. The molecule has 0 N–H and O–H groups in total. The van der Waals surface area contributed by atoms with E-state index in [0.29, 0.717) is 0 Å². The van der Waals surface area contributed by atoms with Crippen molar-refractivity contribution >= 4 is 114 Å². The molecule has 0 saturated carbocycles. The molecule has 301 valence electrons. The Morgan fingerprint density at radius 3 is 0.919 bits per heavy atom. The first-order valence-electron chi connectivity index (χ1n) is 20.7. The molecule has 0 fully saturated rings. The van der Waals surface area contributed by atoms with Crippen LogP contribution in [0.2, 0.25) is 0 Å². The third-order valence-corrected chi connectivity index (χ3v) is 12.1. The summed E-state index contributed by atoms with van der Waals surface area (Å²) in [6.07, 6.45) is 0. The van der Waals surface area contributed by atoms with Gasteiger partial charge in [-0.15, -0.1) is 0 Å². The number of aryl methyl sites for hydroxylation is 4. The molecule has 10 aromatic rings. The molecule has 0 saturated heterocycles. The number of thiol groups is 1. The molecule has 0 aliphatic rings. The van der Waals surface area contributed by atoms with Crippen LogP contribution in [0, 0.1) is 27.7 Å². The third-order valence-electron chi connectivity index (χ3n) is 11.2. The number of nitrogens with zero attached hydrogens (tertiary/aromatic N) is 3. The second-order valence-electron chi connectivity index (χ2n) is 15.5. The van der Waals surface area contributed by atoms with Gasteiger partial charge >= 0.3 is 24.8 Å². The molecule has 3 nitrogen and oxygen atoms in total. The summed E-state index contributed by atoms with van der Waals surface area (Å²) >= 11 is 7.07. The molecule has 10 rings (SSSR count). The number of rotatable bonds is 6. The Kier molecular flexibility index (Phi) is 13.0. The molecule has 1 radical (unpaired) electrons. The minimum absolute atomic E-state index is 1.14. The molecule has 0 amide bonds. The topological polar surface area (TPSA) is 18.8 Å². The van der Waals surface area contributed by atoms with Crippen LogP contribution in [0.4, 0.5) is 34.1 Å². The van der Waals surface area contributed by atoms with Gasteiger partial charge in [-0.2, -0.15) is 0 Å². The monoisotopic (exact) mass is 882 g/mol. The van der Waals surface area contributed by atoms with Crippen molar-refractivity contribution in [2.75, 3.05) is 9.80 Å². The van der Waals surface area contributed by atoms with Crippen molar-refractivity contribution in [1.82, 2.24) is 0 Å². The fourth-order valence-corrected chi connectivity index (χ4v) is 8.81. The fraction of sp³-hybridized carbons (Fsp3) is 0.0714. The SMILES string of the molecule is Cc1ccc(N(c2ccc(C)cc2)c2c3ccccc3c(Br)c3ccccc23)cc1.Cc1ccc(N(c2ccc(C)cc2)c2c3ccccc3cc3ccccc23)cc1.[B]=NS. The van der Waals surface area contributed by atoms with Gasteiger partial charge in [0.2, 0.25) is 0 Å². The summed E-state index contributed by atoms with van der Waals surface area (Å²) in [5.74, 6) is 0. The van der Waals surface area contributed by atoms with Gasteiger partial charge in [0.25, 0.3) is 0 Å². The van der Waals surface area contributed by atoms with Crippen molar-refractivity contribution in [3.63, 3.8) is 0 Å². The van der Waals surface area contributed by atoms with E-state index in [1.54, 1.807) is 0 Å². The molecule has 0 aliphatic heterocycles.